The summed E-state index contributed by atoms with van der Waals surface area (Å²) in [7, 11) is 0. The summed E-state index contributed by atoms with van der Waals surface area (Å²) in [5.41, 5.74) is 6.88. The second-order valence-corrected chi connectivity index (χ2v) is 6.81. The molecule has 5 heteroatoms. The summed E-state index contributed by atoms with van der Waals surface area (Å²) in [5, 5.41) is 3.08. The van der Waals surface area contributed by atoms with E-state index in [0.717, 1.165) is 23.3 Å². The molecule has 3 rings (SSSR count). The first-order valence-corrected chi connectivity index (χ1v) is 8.87. The molecule has 1 atom stereocenters. The number of thiophene rings is 1. The topological polar surface area (TPSA) is 64.3 Å². The first-order valence-electron chi connectivity index (χ1n) is 8.06. The minimum atomic E-state index is -0.0806. The third-order valence-electron chi connectivity index (χ3n) is 4.02. The standard InChI is InChI=1S/C18H22N2O2S/c1-2-22-15-10-16(13-6-4-3-5-7-13)23-17(15)18(21)20-14(11-19)12-8-9-12/h3-7,10,12,14H,2,8-9,11,19H2,1H3,(H,20,21). The lowest BCUT2D eigenvalue weighted by Crippen LogP contribution is -2.41. The van der Waals surface area contributed by atoms with Crippen molar-refractivity contribution in [3.8, 4) is 16.2 Å². The zero-order chi connectivity index (χ0) is 16.2. The molecule has 23 heavy (non-hydrogen) atoms. The number of amides is 1. The number of ether oxygens (including phenoxy) is 1. The van der Waals surface area contributed by atoms with Crippen molar-refractivity contribution < 1.29 is 9.53 Å². The molecule has 3 N–H and O–H groups in total. The number of benzene rings is 1. The van der Waals surface area contributed by atoms with E-state index >= 15 is 0 Å². The van der Waals surface area contributed by atoms with Crippen LogP contribution in [0, 0.1) is 5.92 Å². The molecule has 1 unspecified atom stereocenters. The summed E-state index contributed by atoms with van der Waals surface area (Å²) in [6.07, 6.45) is 2.31. The maximum absolute atomic E-state index is 12.7. The monoisotopic (exact) mass is 330 g/mol. The van der Waals surface area contributed by atoms with E-state index in [0.29, 0.717) is 29.7 Å². The molecule has 1 aliphatic rings. The maximum Gasteiger partial charge on any atom is 0.265 e. The number of hydrogen-bond donors (Lipinski definition) is 2. The van der Waals surface area contributed by atoms with E-state index in [-0.39, 0.29) is 11.9 Å². The Morgan fingerprint density at radius 3 is 2.74 bits per heavy atom. The number of carbonyl (C=O) groups excluding carboxylic acids is 1. The van der Waals surface area contributed by atoms with E-state index in [1.165, 1.54) is 11.3 Å². The van der Waals surface area contributed by atoms with Crippen LogP contribution in [0.1, 0.15) is 29.4 Å². The Bertz CT molecular complexity index is 665. The average molecular weight is 330 g/mol. The van der Waals surface area contributed by atoms with Gasteiger partial charge in [-0.15, -0.1) is 11.3 Å². The Balaban J connectivity index is 1.84. The van der Waals surface area contributed by atoms with Gasteiger partial charge in [-0.05, 0) is 37.3 Å². The predicted molar refractivity (Wildman–Crippen MR) is 94.0 cm³/mol. The molecule has 1 aromatic heterocycles. The molecular formula is C18H22N2O2S. The van der Waals surface area contributed by atoms with E-state index in [4.69, 9.17) is 10.5 Å². The molecule has 122 valence electrons. The van der Waals surface area contributed by atoms with Crippen molar-refractivity contribution in [2.24, 2.45) is 11.7 Å². The van der Waals surface area contributed by atoms with Crippen LogP contribution in [0.25, 0.3) is 10.4 Å². The van der Waals surface area contributed by atoms with Crippen LogP contribution in [0.3, 0.4) is 0 Å². The van der Waals surface area contributed by atoms with Crippen LogP contribution in [-0.2, 0) is 0 Å². The fourth-order valence-corrected chi connectivity index (χ4v) is 3.65. The highest BCUT2D eigenvalue weighted by molar-refractivity contribution is 7.17. The van der Waals surface area contributed by atoms with Crippen LogP contribution >= 0.6 is 11.3 Å². The molecule has 0 aliphatic heterocycles. The lowest BCUT2D eigenvalue weighted by molar-refractivity contribution is 0.0934. The van der Waals surface area contributed by atoms with Crippen LogP contribution in [0.2, 0.25) is 0 Å². The SMILES string of the molecule is CCOc1cc(-c2ccccc2)sc1C(=O)NC(CN)C1CC1. The quantitative estimate of drug-likeness (QED) is 0.819. The van der Waals surface area contributed by atoms with Gasteiger partial charge >= 0.3 is 0 Å². The largest absolute Gasteiger partial charge is 0.492 e. The second kappa shape index (κ2) is 7.15. The molecule has 1 aliphatic carbocycles. The molecular weight excluding hydrogens is 308 g/mol. The van der Waals surface area contributed by atoms with E-state index in [2.05, 4.69) is 5.32 Å². The fraction of sp³-hybridized carbons (Fsp3) is 0.389. The molecule has 0 bridgehead atoms. The highest BCUT2D eigenvalue weighted by atomic mass is 32.1. The van der Waals surface area contributed by atoms with Gasteiger partial charge in [0.15, 0.2) is 0 Å². The van der Waals surface area contributed by atoms with Crippen LogP contribution < -0.4 is 15.8 Å². The summed E-state index contributed by atoms with van der Waals surface area (Å²) < 4.78 is 5.67. The predicted octanol–water partition coefficient (Wildman–Crippen LogP) is 3.28. The van der Waals surface area contributed by atoms with Crippen molar-refractivity contribution in [2.45, 2.75) is 25.8 Å². The average Bonchev–Trinajstić information content (AvgIpc) is 3.33. The summed E-state index contributed by atoms with van der Waals surface area (Å²) in [6.45, 7) is 2.94. The van der Waals surface area contributed by atoms with Gasteiger partial charge in [-0.1, -0.05) is 30.3 Å². The maximum atomic E-state index is 12.7. The van der Waals surface area contributed by atoms with Gasteiger partial charge in [-0.3, -0.25) is 4.79 Å². The van der Waals surface area contributed by atoms with Gasteiger partial charge in [0.25, 0.3) is 5.91 Å². The van der Waals surface area contributed by atoms with Crippen molar-refractivity contribution >= 4 is 17.2 Å². The van der Waals surface area contributed by atoms with Gasteiger partial charge in [-0.25, -0.2) is 0 Å². The molecule has 2 aromatic rings. The summed E-state index contributed by atoms with van der Waals surface area (Å²) in [5.74, 6) is 1.11. The van der Waals surface area contributed by atoms with Crippen molar-refractivity contribution in [2.75, 3.05) is 13.2 Å². The van der Waals surface area contributed by atoms with E-state index in [9.17, 15) is 4.79 Å². The van der Waals surface area contributed by atoms with Crippen molar-refractivity contribution in [3.63, 3.8) is 0 Å². The van der Waals surface area contributed by atoms with Gasteiger partial charge in [0.1, 0.15) is 10.6 Å². The molecule has 0 radical (unpaired) electrons. The number of nitrogens with one attached hydrogen (secondary N) is 1. The Labute approximate surface area is 140 Å². The normalized spacial score (nSPS) is 15.2. The zero-order valence-corrected chi connectivity index (χ0v) is 14.1. The van der Waals surface area contributed by atoms with E-state index in [1.807, 2.05) is 43.3 Å². The highest BCUT2D eigenvalue weighted by Gasteiger charge is 2.32. The van der Waals surface area contributed by atoms with Gasteiger partial charge < -0.3 is 15.8 Å². The van der Waals surface area contributed by atoms with E-state index in [1.54, 1.807) is 0 Å². The minimum absolute atomic E-state index is 0.0688. The molecule has 0 saturated heterocycles. The molecule has 1 amide bonds. The highest BCUT2D eigenvalue weighted by Crippen LogP contribution is 2.37. The van der Waals surface area contributed by atoms with Gasteiger partial charge in [-0.2, -0.15) is 0 Å². The van der Waals surface area contributed by atoms with Crippen LogP contribution in [-0.4, -0.2) is 25.1 Å². The molecule has 0 spiro atoms. The smallest absolute Gasteiger partial charge is 0.265 e. The molecule has 1 saturated carbocycles. The Hall–Kier alpha value is -1.85. The lowest BCUT2D eigenvalue weighted by Gasteiger charge is -2.15. The minimum Gasteiger partial charge on any atom is -0.492 e. The van der Waals surface area contributed by atoms with Crippen LogP contribution in [0.4, 0.5) is 0 Å². The van der Waals surface area contributed by atoms with Crippen molar-refractivity contribution in [1.29, 1.82) is 0 Å². The number of carbonyl (C=O) groups is 1. The van der Waals surface area contributed by atoms with Crippen molar-refractivity contribution in [3.05, 3.63) is 41.3 Å². The third kappa shape index (κ3) is 3.74. The Morgan fingerprint density at radius 1 is 1.39 bits per heavy atom. The summed E-state index contributed by atoms with van der Waals surface area (Å²) >= 11 is 1.47. The number of rotatable bonds is 7. The lowest BCUT2D eigenvalue weighted by atomic mass is 10.2. The molecule has 1 heterocycles. The van der Waals surface area contributed by atoms with Gasteiger partial charge in [0.2, 0.25) is 0 Å². The first-order chi connectivity index (χ1) is 11.2. The molecule has 1 fully saturated rings. The van der Waals surface area contributed by atoms with E-state index < -0.39 is 0 Å². The van der Waals surface area contributed by atoms with Crippen LogP contribution in [0.5, 0.6) is 5.75 Å². The number of hydrogen-bond acceptors (Lipinski definition) is 4. The van der Waals surface area contributed by atoms with Crippen molar-refractivity contribution in [1.82, 2.24) is 5.32 Å². The van der Waals surface area contributed by atoms with Gasteiger partial charge in [0.05, 0.1) is 6.61 Å². The summed E-state index contributed by atoms with van der Waals surface area (Å²) in [4.78, 5) is 14.3. The molecule has 4 nitrogen and oxygen atoms in total. The van der Waals surface area contributed by atoms with Gasteiger partial charge in [0, 0.05) is 17.5 Å². The third-order valence-corrected chi connectivity index (χ3v) is 5.19. The zero-order valence-electron chi connectivity index (χ0n) is 13.2. The summed E-state index contributed by atoms with van der Waals surface area (Å²) in [6, 6.07) is 12.1. The Morgan fingerprint density at radius 2 is 2.13 bits per heavy atom. The number of nitrogens with two attached hydrogens (primary N) is 1. The molecule has 1 aromatic carbocycles. The first kappa shape index (κ1) is 16.0. The Kier molecular flexibility index (Phi) is 4.98. The fourth-order valence-electron chi connectivity index (χ4n) is 2.64. The second-order valence-electron chi connectivity index (χ2n) is 5.76. The van der Waals surface area contributed by atoms with Crippen LogP contribution in [0.15, 0.2) is 36.4 Å².